The molecule has 7 heteroatoms. The summed E-state index contributed by atoms with van der Waals surface area (Å²) in [5.41, 5.74) is 2.62. The molecule has 134 valence electrons. The third kappa shape index (κ3) is 3.39. The molecule has 4 rings (SSSR count). The Labute approximate surface area is 155 Å². The van der Waals surface area contributed by atoms with Crippen LogP contribution in [0.2, 0.25) is 0 Å². The minimum atomic E-state index is -0.110. The molecule has 26 heavy (non-hydrogen) atoms. The van der Waals surface area contributed by atoms with Gasteiger partial charge in [-0.2, -0.15) is 0 Å². The SMILES string of the molecule is Cc1cc(C(=O)N2CCCC(c3nc(C)cc(-c4cccs4)n3)C2)on1. The predicted molar refractivity (Wildman–Crippen MR) is 99.2 cm³/mol. The molecule has 1 aliphatic heterocycles. The molecule has 0 N–H and O–H groups in total. The van der Waals surface area contributed by atoms with E-state index in [1.807, 2.05) is 36.3 Å². The molecule has 1 amide bonds. The van der Waals surface area contributed by atoms with Crippen LogP contribution in [0.5, 0.6) is 0 Å². The highest BCUT2D eigenvalue weighted by Crippen LogP contribution is 2.29. The molecule has 0 spiro atoms. The van der Waals surface area contributed by atoms with Crippen molar-refractivity contribution in [2.75, 3.05) is 13.1 Å². The first-order chi connectivity index (χ1) is 12.6. The Morgan fingerprint density at radius 1 is 1.27 bits per heavy atom. The van der Waals surface area contributed by atoms with Crippen molar-refractivity contribution < 1.29 is 9.32 Å². The van der Waals surface area contributed by atoms with E-state index in [1.54, 1.807) is 17.4 Å². The van der Waals surface area contributed by atoms with Crippen molar-refractivity contribution in [1.82, 2.24) is 20.0 Å². The standard InChI is InChI=1S/C19H20N4O2S/c1-12-9-15(17-6-4-8-26-17)21-18(20-12)14-5-3-7-23(11-14)19(24)16-10-13(2)22-25-16/h4,6,8-10,14H,3,5,7,11H2,1-2H3. The lowest BCUT2D eigenvalue weighted by Crippen LogP contribution is -2.39. The lowest BCUT2D eigenvalue weighted by Gasteiger charge is -2.31. The fourth-order valence-electron chi connectivity index (χ4n) is 3.32. The highest BCUT2D eigenvalue weighted by atomic mass is 32.1. The molecule has 6 nitrogen and oxygen atoms in total. The van der Waals surface area contributed by atoms with Crippen LogP contribution >= 0.6 is 11.3 Å². The van der Waals surface area contributed by atoms with E-state index in [0.717, 1.165) is 41.5 Å². The van der Waals surface area contributed by atoms with Crippen molar-refractivity contribution in [1.29, 1.82) is 0 Å². The molecule has 1 aliphatic rings. The fourth-order valence-corrected chi connectivity index (χ4v) is 4.00. The number of likely N-dealkylation sites (tertiary alicyclic amines) is 1. The molecule has 0 aliphatic carbocycles. The first-order valence-electron chi connectivity index (χ1n) is 8.72. The van der Waals surface area contributed by atoms with Gasteiger partial charge in [0.2, 0.25) is 5.76 Å². The largest absolute Gasteiger partial charge is 0.351 e. The Kier molecular flexibility index (Phi) is 4.55. The van der Waals surface area contributed by atoms with Gasteiger partial charge in [-0.3, -0.25) is 4.79 Å². The van der Waals surface area contributed by atoms with Gasteiger partial charge in [0.15, 0.2) is 0 Å². The van der Waals surface area contributed by atoms with Gasteiger partial charge in [-0.1, -0.05) is 11.2 Å². The highest BCUT2D eigenvalue weighted by molar-refractivity contribution is 7.13. The van der Waals surface area contributed by atoms with E-state index in [4.69, 9.17) is 9.51 Å². The summed E-state index contributed by atoms with van der Waals surface area (Å²) in [5, 5.41) is 5.86. The average molecular weight is 368 g/mol. The van der Waals surface area contributed by atoms with Gasteiger partial charge in [-0.25, -0.2) is 9.97 Å². The topological polar surface area (TPSA) is 72.1 Å². The van der Waals surface area contributed by atoms with Crippen molar-refractivity contribution in [2.45, 2.75) is 32.6 Å². The number of aromatic nitrogens is 3. The van der Waals surface area contributed by atoms with Crippen molar-refractivity contribution in [3.05, 3.63) is 52.6 Å². The number of nitrogens with zero attached hydrogens (tertiary/aromatic N) is 4. The maximum absolute atomic E-state index is 12.7. The summed E-state index contributed by atoms with van der Waals surface area (Å²) in [6, 6.07) is 7.79. The smallest absolute Gasteiger partial charge is 0.292 e. The molecule has 3 aromatic rings. The van der Waals surface area contributed by atoms with Crippen LogP contribution in [0.25, 0.3) is 10.6 Å². The summed E-state index contributed by atoms with van der Waals surface area (Å²) in [6.07, 6.45) is 1.90. The van der Waals surface area contributed by atoms with Gasteiger partial charge in [0.25, 0.3) is 5.91 Å². The van der Waals surface area contributed by atoms with E-state index in [2.05, 4.69) is 16.2 Å². The van der Waals surface area contributed by atoms with Crippen LogP contribution in [-0.4, -0.2) is 39.0 Å². The summed E-state index contributed by atoms with van der Waals surface area (Å²) in [5.74, 6) is 1.14. The Hall–Kier alpha value is -2.54. The maximum Gasteiger partial charge on any atom is 0.292 e. The Bertz CT molecular complexity index is 920. The lowest BCUT2D eigenvalue weighted by atomic mass is 9.96. The maximum atomic E-state index is 12.7. The van der Waals surface area contributed by atoms with Gasteiger partial charge in [-0.15, -0.1) is 11.3 Å². The molecule has 1 fully saturated rings. The minimum absolute atomic E-state index is 0.110. The number of aryl methyl sites for hydroxylation is 2. The van der Waals surface area contributed by atoms with Crippen LogP contribution in [0.4, 0.5) is 0 Å². The summed E-state index contributed by atoms with van der Waals surface area (Å²) in [4.78, 5) is 25.1. The van der Waals surface area contributed by atoms with E-state index in [-0.39, 0.29) is 11.8 Å². The zero-order chi connectivity index (χ0) is 18.1. The lowest BCUT2D eigenvalue weighted by molar-refractivity contribution is 0.0662. The number of hydrogen-bond acceptors (Lipinski definition) is 6. The zero-order valence-corrected chi connectivity index (χ0v) is 15.6. The quantitative estimate of drug-likeness (QED) is 0.702. The predicted octanol–water partition coefficient (Wildman–Crippen LogP) is 3.83. The molecule has 0 bridgehead atoms. The summed E-state index contributed by atoms with van der Waals surface area (Å²) < 4.78 is 5.14. The van der Waals surface area contributed by atoms with Crippen LogP contribution in [0.1, 0.15) is 46.5 Å². The molecular formula is C19H20N4O2S. The molecule has 1 unspecified atom stereocenters. The van der Waals surface area contributed by atoms with Crippen LogP contribution < -0.4 is 0 Å². The molecule has 0 saturated carbocycles. The zero-order valence-electron chi connectivity index (χ0n) is 14.8. The summed E-state index contributed by atoms with van der Waals surface area (Å²) >= 11 is 1.67. The third-order valence-electron chi connectivity index (χ3n) is 4.56. The van der Waals surface area contributed by atoms with E-state index in [9.17, 15) is 4.79 Å². The normalized spacial score (nSPS) is 17.5. The molecule has 1 atom stereocenters. The monoisotopic (exact) mass is 368 g/mol. The second kappa shape index (κ2) is 6.99. The summed E-state index contributed by atoms with van der Waals surface area (Å²) in [7, 11) is 0. The second-order valence-electron chi connectivity index (χ2n) is 6.65. The summed E-state index contributed by atoms with van der Waals surface area (Å²) in [6.45, 7) is 5.13. The first kappa shape index (κ1) is 16.9. The number of carbonyl (C=O) groups excluding carboxylic acids is 1. The van der Waals surface area contributed by atoms with Gasteiger partial charge in [0.05, 0.1) is 16.3 Å². The highest BCUT2D eigenvalue weighted by Gasteiger charge is 2.29. The van der Waals surface area contributed by atoms with Crippen molar-refractivity contribution in [3.8, 4) is 10.6 Å². The van der Waals surface area contributed by atoms with E-state index >= 15 is 0 Å². The van der Waals surface area contributed by atoms with E-state index in [1.165, 1.54) is 0 Å². The molecule has 3 aromatic heterocycles. The fraction of sp³-hybridized carbons (Fsp3) is 0.368. The Morgan fingerprint density at radius 2 is 2.15 bits per heavy atom. The number of amides is 1. The van der Waals surface area contributed by atoms with Crippen LogP contribution in [0, 0.1) is 13.8 Å². The average Bonchev–Trinajstić information content (AvgIpc) is 3.32. The van der Waals surface area contributed by atoms with Gasteiger partial charge < -0.3 is 9.42 Å². The number of carbonyl (C=O) groups is 1. The molecule has 4 heterocycles. The van der Waals surface area contributed by atoms with Crippen molar-refractivity contribution in [3.63, 3.8) is 0 Å². The van der Waals surface area contributed by atoms with Crippen LogP contribution in [0.15, 0.2) is 34.2 Å². The number of rotatable bonds is 3. The number of piperidine rings is 1. The van der Waals surface area contributed by atoms with E-state index < -0.39 is 0 Å². The molecule has 0 aromatic carbocycles. The third-order valence-corrected chi connectivity index (χ3v) is 5.45. The number of hydrogen-bond donors (Lipinski definition) is 0. The number of thiophene rings is 1. The van der Waals surface area contributed by atoms with Gasteiger partial charge in [-0.05, 0) is 44.2 Å². The van der Waals surface area contributed by atoms with Crippen LogP contribution in [-0.2, 0) is 0 Å². The van der Waals surface area contributed by atoms with Crippen molar-refractivity contribution >= 4 is 17.2 Å². The molecular weight excluding hydrogens is 348 g/mol. The minimum Gasteiger partial charge on any atom is -0.351 e. The molecule has 0 radical (unpaired) electrons. The Balaban J connectivity index is 1.57. The first-order valence-corrected chi connectivity index (χ1v) is 9.60. The Morgan fingerprint density at radius 3 is 2.88 bits per heavy atom. The van der Waals surface area contributed by atoms with Crippen molar-refractivity contribution in [2.24, 2.45) is 0 Å². The second-order valence-corrected chi connectivity index (χ2v) is 7.60. The molecule has 1 saturated heterocycles. The van der Waals surface area contributed by atoms with Gasteiger partial charge >= 0.3 is 0 Å². The van der Waals surface area contributed by atoms with Gasteiger partial charge in [0, 0.05) is 30.8 Å². The van der Waals surface area contributed by atoms with Gasteiger partial charge in [0.1, 0.15) is 5.82 Å². The van der Waals surface area contributed by atoms with Crippen LogP contribution in [0.3, 0.4) is 0 Å². The van der Waals surface area contributed by atoms with E-state index in [0.29, 0.717) is 18.0 Å².